The van der Waals surface area contributed by atoms with Crippen molar-refractivity contribution in [1.29, 1.82) is 0 Å². The van der Waals surface area contributed by atoms with Gasteiger partial charge in [-0.3, -0.25) is 0 Å². The van der Waals surface area contributed by atoms with E-state index in [1.807, 2.05) is 12.3 Å². The Morgan fingerprint density at radius 1 is 1.29 bits per heavy atom. The van der Waals surface area contributed by atoms with Gasteiger partial charge in [0.05, 0.1) is 11.1 Å². The van der Waals surface area contributed by atoms with Gasteiger partial charge in [0.15, 0.2) is 0 Å². The third kappa shape index (κ3) is 3.63. The molecule has 2 aromatic heterocycles. The van der Waals surface area contributed by atoms with Crippen LogP contribution in [0.5, 0.6) is 0 Å². The molecule has 0 aliphatic heterocycles. The van der Waals surface area contributed by atoms with Crippen LogP contribution < -0.4 is 0 Å². The van der Waals surface area contributed by atoms with E-state index in [4.69, 9.17) is 0 Å². The maximum atomic E-state index is 10.0. The van der Waals surface area contributed by atoms with E-state index in [2.05, 4.69) is 24.0 Å². The Morgan fingerprint density at radius 2 is 2.06 bits per heavy atom. The summed E-state index contributed by atoms with van der Waals surface area (Å²) in [6, 6.07) is 4.28. The SMILES string of the molecule is CCc1ccc(CC(O)Cc2nc(C)cs2)s1. The van der Waals surface area contributed by atoms with Crippen LogP contribution in [0.4, 0.5) is 0 Å². The van der Waals surface area contributed by atoms with E-state index in [0.29, 0.717) is 6.42 Å². The van der Waals surface area contributed by atoms with Crippen LogP contribution in [0.25, 0.3) is 0 Å². The summed E-state index contributed by atoms with van der Waals surface area (Å²) in [6.07, 6.45) is 2.16. The fourth-order valence-corrected chi connectivity index (χ4v) is 3.60. The monoisotopic (exact) mass is 267 g/mol. The number of aliphatic hydroxyl groups is 1. The highest BCUT2D eigenvalue weighted by atomic mass is 32.1. The lowest BCUT2D eigenvalue weighted by Crippen LogP contribution is -2.12. The molecule has 17 heavy (non-hydrogen) atoms. The van der Waals surface area contributed by atoms with E-state index in [1.54, 1.807) is 22.7 Å². The van der Waals surface area contributed by atoms with Crippen LogP contribution in [-0.2, 0) is 19.3 Å². The second-order valence-electron chi connectivity index (χ2n) is 4.17. The molecule has 0 saturated heterocycles. The minimum atomic E-state index is -0.316. The first-order chi connectivity index (χ1) is 8.17. The molecule has 1 atom stereocenters. The molecule has 2 heterocycles. The fraction of sp³-hybridized carbons (Fsp3) is 0.462. The van der Waals surface area contributed by atoms with E-state index in [0.717, 1.165) is 23.5 Å². The zero-order chi connectivity index (χ0) is 12.3. The largest absolute Gasteiger partial charge is 0.392 e. The van der Waals surface area contributed by atoms with Crippen molar-refractivity contribution in [2.24, 2.45) is 0 Å². The standard InChI is InChI=1S/C13H17NOS2/c1-3-11-4-5-12(17-11)6-10(15)7-13-14-9(2)8-16-13/h4-5,8,10,15H,3,6-7H2,1-2H3. The quantitative estimate of drug-likeness (QED) is 0.902. The molecule has 0 bridgehead atoms. The maximum absolute atomic E-state index is 10.0. The Kier molecular flexibility index (Phi) is 4.31. The van der Waals surface area contributed by atoms with Gasteiger partial charge < -0.3 is 5.11 Å². The van der Waals surface area contributed by atoms with E-state index < -0.39 is 0 Å². The number of thiophene rings is 1. The minimum absolute atomic E-state index is 0.316. The number of aliphatic hydroxyl groups excluding tert-OH is 1. The lowest BCUT2D eigenvalue weighted by molar-refractivity contribution is 0.176. The van der Waals surface area contributed by atoms with Gasteiger partial charge in [-0.2, -0.15) is 0 Å². The molecule has 2 nitrogen and oxygen atoms in total. The first kappa shape index (κ1) is 12.7. The van der Waals surface area contributed by atoms with Gasteiger partial charge in [0.25, 0.3) is 0 Å². The molecule has 0 aliphatic carbocycles. The summed E-state index contributed by atoms with van der Waals surface area (Å²) in [5.74, 6) is 0. The van der Waals surface area contributed by atoms with Gasteiger partial charge in [0.2, 0.25) is 0 Å². The molecule has 0 saturated carbocycles. The Morgan fingerprint density at radius 3 is 2.65 bits per heavy atom. The van der Waals surface area contributed by atoms with E-state index in [1.165, 1.54) is 9.75 Å². The zero-order valence-corrected chi connectivity index (χ0v) is 11.8. The Balaban J connectivity index is 1.90. The summed E-state index contributed by atoms with van der Waals surface area (Å²) in [5, 5.41) is 13.1. The van der Waals surface area contributed by atoms with Crippen molar-refractivity contribution in [1.82, 2.24) is 4.98 Å². The number of aryl methyl sites for hydroxylation is 2. The third-order valence-electron chi connectivity index (χ3n) is 2.58. The van der Waals surface area contributed by atoms with Crippen LogP contribution in [0.3, 0.4) is 0 Å². The average Bonchev–Trinajstić information content (AvgIpc) is 2.88. The number of thiazole rings is 1. The first-order valence-corrected chi connectivity index (χ1v) is 7.53. The van der Waals surface area contributed by atoms with E-state index in [-0.39, 0.29) is 6.10 Å². The Labute approximate surface area is 110 Å². The van der Waals surface area contributed by atoms with Crippen LogP contribution in [-0.4, -0.2) is 16.2 Å². The lowest BCUT2D eigenvalue weighted by atomic mass is 10.1. The maximum Gasteiger partial charge on any atom is 0.0954 e. The summed E-state index contributed by atoms with van der Waals surface area (Å²) in [5.41, 5.74) is 1.04. The van der Waals surface area contributed by atoms with Crippen molar-refractivity contribution in [3.63, 3.8) is 0 Å². The van der Waals surface area contributed by atoms with Gasteiger partial charge in [-0.1, -0.05) is 6.92 Å². The fourth-order valence-electron chi connectivity index (χ4n) is 1.72. The number of rotatable bonds is 5. The first-order valence-electron chi connectivity index (χ1n) is 5.84. The van der Waals surface area contributed by atoms with Gasteiger partial charge in [-0.05, 0) is 25.5 Å². The van der Waals surface area contributed by atoms with Gasteiger partial charge in [0.1, 0.15) is 0 Å². The summed E-state index contributed by atoms with van der Waals surface area (Å²) >= 11 is 3.43. The molecule has 0 radical (unpaired) electrons. The highest BCUT2D eigenvalue weighted by molar-refractivity contribution is 7.12. The molecule has 0 spiro atoms. The number of nitrogens with zero attached hydrogens (tertiary/aromatic N) is 1. The van der Waals surface area contributed by atoms with Crippen molar-refractivity contribution in [2.45, 2.75) is 39.2 Å². The molecule has 0 fully saturated rings. The van der Waals surface area contributed by atoms with Gasteiger partial charge in [-0.25, -0.2) is 4.98 Å². The molecule has 0 aromatic carbocycles. The van der Waals surface area contributed by atoms with Gasteiger partial charge in [-0.15, -0.1) is 22.7 Å². The van der Waals surface area contributed by atoms with Crippen LogP contribution in [0.1, 0.15) is 27.4 Å². The molecular formula is C13H17NOS2. The average molecular weight is 267 g/mol. The second-order valence-corrected chi connectivity index (χ2v) is 6.36. The number of hydrogen-bond donors (Lipinski definition) is 1. The van der Waals surface area contributed by atoms with Crippen LogP contribution >= 0.6 is 22.7 Å². The smallest absolute Gasteiger partial charge is 0.0954 e. The van der Waals surface area contributed by atoms with Crippen molar-refractivity contribution >= 4 is 22.7 Å². The summed E-state index contributed by atoms with van der Waals surface area (Å²) in [6.45, 7) is 4.14. The van der Waals surface area contributed by atoms with Crippen LogP contribution in [0.15, 0.2) is 17.5 Å². The van der Waals surface area contributed by atoms with E-state index in [9.17, 15) is 5.11 Å². The molecule has 1 unspecified atom stereocenters. The Bertz CT molecular complexity index is 475. The summed E-state index contributed by atoms with van der Waals surface area (Å²) < 4.78 is 0. The molecule has 4 heteroatoms. The zero-order valence-electron chi connectivity index (χ0n) is 10.1. The predicted molar refractivity (Wildman–Crippen MR) is 74.0 cm³/mol. The number of hydrogen-bond acceptors (Lipinski definition) is 4. The highest BCUT2D eigenvalue weighted by Crippen LogP contribution is 2.20. The lowest BCUT2D eigenvalue weighted by Gasteiger charge is -2.06. The molecular weight excluding hydrogens is 250 g/mol. The minimum Gasteiger partial charge on any atom is -0.392 e. The third-order valence-corrected chi connectivity index (χ3v) is 4.82. The van der Waals surface area contributed by atoms with Gasteiger partial charge in [0, 0.05) is 33.7 Å². The van der Waals surface area contributed by atoms with Crippen LogP contribution in [0, 0.1) is 6.92 Å². The normalized spacial score (nSPS) is 12.9. The summed E-state index contributed by atoms with van der Waals surface area (Å²) in [7, 11) is 0. The van der Waals surface area contributed by atoms with Gasteiger partial charge >= 0.3 is 0 Å². The molecule has 92 valence electrons. The molecule has 2 rings (SSSR count). The predicted octanol–water partition coefficient (Wildman–Crippen LogP) is 3.22. The van der Waals surface area contributed by atoms with Crippen LogP contribution in [0.2, 0.25) is 0 Å². The summed E-state index contributed by atoms with van der Waals surface area (Å²) in [4.78, 5) is 7.03. The molecule has 1 N–H and O–H groups in total. The van der Waals surface area contributed by atoms with Crippen molar-refractivity contribution in [2.75, 3.05) is 0 Å². The highest BCUT2D eigenvalue weighted by Gasteiger charge is 2.10. The molecule has 0 amide bonds. The molecule has 2 aromatic rings. The topological polar surface area (TPSA) is 33.1 Å². The number of aromatic nitrogens is 1. The van der Waals surface area contributed by atoms with E-state index >= 15 is 0 Å². The second kappa shape index (κ2) is 5.76. The Hall–Kier alpha value is -0.710. The van der Waals surface area contributed by atoms with Crippen molar-refractivity contribution in [3.8, 4) is 0 Å². The van der Waals surface area contributed by atoms with Crippen molar-refractivity contribution in [3.05, 3.63) is 38.0 Å². The molecule has 0 aliphatic rings. The van der Waals surface area contributed by atoms with Crippen molar-refractivity contribution < 1.29 is 5.11 Å².